The number of carbonyl (C=O) groups is 1. The molecule has 1 fully saturated rings. The predicted molar refractivity (Wildman–Crippen MR) is 103 cm³/mol. The van der Waals surface area contributed by atoms with Crippen molar-refractivity contribution in [2.45, 2.75) is 52.6 Å². The lowest BCUT2D eigenvalue weighted by Crippen LogP contribution is -2.34. The number of aryl methyl sites for hydroxylation is 3. The Morgan fingerprint density at radius 2 is 2.04 bits per heavy atom. The molecule has 1 amide bonds. The predicted octanol–water partition coefficient (Wildman–Crippen LogP) is 3.70. The maximum Gasteiger partial charge on any atom is 0.227 e. The molecule has 1 aromatic carbocycles. The summed E-state index contributed by atoms with van der Waals surface area (Å²) in [6.07, 6.45) is 2.38. The van der Waals surface area contributed by atoms with Crippen molar-refractivity contribution in [1.82, 2.24) is 19.7 Å². The summed E-state index contributed by atoms with van der Waals surface area (Å²) < 4.78 is 15.9. The fourth-order valence-electron chi connectivity index (χ4n) is 3.87. The van der Waals surface area contributed by atoms with Gasteiger partial charge in [-0.05, 0) is 45.2 Å². The zero-order chi connectivity index (χ0) is 19.3. The number of H-pyrrole nitrogens is 1. The Hall–Kier alpha value is -2.63. The van der Waals surface area contributed by atoms with Crippen LogP contribution in [0.2, 0.25) is 0 Å². The van der Waals surface area contributed by atoms with Crippen LogP contribution in [0.3, 0.4) is 0 Å². The second-order valence-corrected chi connectivity index (χ2v) is 7.59. The molecule has 3 aromatic rings. The first-order valence-corrected chi connectivity index (χ1v) is 9.41. The summed E-state index contributed by atoms with van der Waals surface area (Å²) in [5.41, 5.74) is 5.41. The fraction of sp³-hybridized carbons (Fsp3) is 0.429. The quantitative estimate of drug-likeness (QED) is 0.747. The summed E-state index contributed by atoms with van der Waals surface area (Å²) in [7, 11) is 1.93. The summed E-state index contributed by atoms with van der Waals surface area (Å²) >= 11 is 0. The molecule has 1 aliphatic carbocycles. The number of hydrogen-bond acceptors (Lipinski definition) is 2. The van der Waals surface area contributed by atoms with Crippen molar-refractivity contribution in [3.8, 4) is 0 Å². The highest BCUT2D eigenvalue weighted by atomic mass is 19.1. The number of amides is 1. The van der Waals surface area contributed by atoms with Crippen LogP contribution in [0.25, 0.3) is 10.9 Å². The molecule has 0 bridgehead atoms. The van der Waals surface area contributed by atoms with Crippen LogP contribution in [0, 0.1) is 26.6 Å². The molecule has 0 unspecified atom stereocenters. The number of aromatic amines is 1. The lowest BCUT2D eigenvalue weighted by Gasteiger charge is -2.23. The van der Waals surface area contributed by atoms with Crippen molar-refractivity contribution in [3.63, 3.8) is 0 Å². The van der Waals surface area contributed by atoms with Crippen LogP contribution in [-0.2, 0) is 24.8 Å². The van der Waals surface area contributed by atoms with E-state index in [4.69, 9.17) is 0 Å². The minimum atomic E-state index is -0.282. The monoisotopic (exact) mass is 368 g/mol. The highest BCUT2D eigenvalue weighted by Crippen LogP contribution is 2.31. The third-order valence-corrected chi connectivity index (χ3v) is 5.73. The van der Waals surface area contributed by atoms with Gasteiger partial charge in [0.15, 0.2) is 0 Å². The summed E-state index contributed by atoms with van der Waals surface area (Å²) in [4.78, 5) is 18.3. The van der Waals surface area contributed by atoms with Crippen LogP contribution in [-0.4, -0.2) is 31.6 Å². The average Bonchev–Trinajstić information content (AvgIpc) is 3.36. The van der Waals surface area contributed by atoms with E-state index in [1.54, 1.807) is 6.07 Å². The van der Waals surface area contributed by atoms with Gasteiger partial charge in [-0.1, -0.05) is 12.1 Å². The third kappa shape index (κ3) is 3.13. The van der Waals surface area contributed by atoms with Gasteiger partial charge in [0.1, 0.15) is 5.82 Å². The molecule has 2 aromatic heterocycles. The second kappa shape index (κ2) is 6.51. The molecule has 142 valence electrons. The van der Waals surface area contributed by atoms with Gasteiger partial charge in [-0.15, -0.1) is 0 Å². The van der Waals surface area contributed by atoms with Crippen molar-refractivity contribution in [1.29, 1.82) is 0 Å². The van der Waals surface area contributed by atoms with Gasteiger partial charge >= 0.3 is 0 Å². The minimum absolute atomic E-state index is 0.0911. The zero-order valence-electron chi connectivity index (χ0n) is 16.3. The Labute approximate surface area is 158 Å². The van der Waals surface area contributed by atoms with Gasteiger partial charge in [-0.2, -0.15) is 5.10 Å². The van der Waals surface area contributed by atoms with E-state index in [9.17, 15) is 9.18 Å². The number of fused-ring (bicyclic) bond motifs is 1. The molecular formula is C21H25FN4O. The molecule has 0 aliphatic heterocycles. The summed E-state index contributed by atoms with van der Waals surface area (Å²) in [6, 6.07) is 5.31. The summed E-state index contributed by atoms with van der Waals surface area (Å²) in [6.45, 7) is 6.52. The molecule has 27 heavy (non-hydrogen) atoms. The SMILES string of the molecule is Cc1nn(C)c(C)c1CN(C(=O)Cc1c(C)[nH]c2c(F)cccc12)C1CC1. The maximum absolute atomic E-state index is 14.1. The Bertz CT molecular complexity index is 1030. The Morgan fingerprint density at radius 1 is 1.30 bits per heavy atom. The van der Waals surface area contributed by atoms with Crippen LogP contribution >= 0.6 is 0 Å². The molecule has 1 saturated carbocycles. The van der Waals surface area contributed by atoms with Crippen molar-refractivity contribution in [2.24, 2.45) is 7.05 Å². The van der Waals surface area contributed by atoms with E-state index in [1.807, 2.05) is 43.5 Å². The maximum atomic E-state index is 14.1. The van der Waals surface area contributed by atoms with Gasteiger partial charge in [0.05, 0.1) is 17.6 Å². The lowest BCUT2D eigenvalue weighted by molar-refractivity contribution is -0.131. The number of carbonyl (C=O) groups excluding carboxylic acids is 1. The number of nitrogens with one attached hydrogen (secondary N) is 1. The van der Waals surface area contributed by atoms with Gasteiger partial charge in [-0.3, -0.25) is 9.48 Å². The standard InChI is InChI=1S/C21H25FN4O/c1-12-17(16-6-5-7-19(22)21(16)23-12)10-20(27)26(15-8-9-15)11-18-13(2)24-25(4)14(18)3/h5-7,15,23H,8-11H2,1-4H3. The van der Waals surface area contributed by atoms with Crippen molar-refractivity contribution in [2.75, 3.05) is 0 Å². The van der Waals surface area contributed by atoms with Crippen molar-refractivity contribution in [3.05, 3.63) is 52.2 Å². The van der Waals surface area contributed by atoms with Crippen LogP contribution in [0.1, 0.15) is 41.1 Å². The first-order valence-electron chi connectivity index (χ1n) is 9.41. The summed E-state index contributed by atoms with van der Waals surface area (Å²) in [5.74, 6) is -0.191. The van der Waals surface area contributed by atoms with Crippen molar-refractivity contribution >= 4 is 16.8 Å². The van der Waals surface area contributed by atoms with E-state index in [0.29, 0.717) is 18.1 Å². The van der Waals surface area contributed by atoms with E-state index in [0.717, 1.165) is 46.4 Å². The van der Waals surface area contributed by atoms with Crippen LogP contribution in [0.4, 0.5) is 4.39 Å². The van der Waals surface area contributed by atoms with Crippen LogP contribution in [0.5, 0.6) is 0 Å². The molecule has 0 saturated heterocycles. The van der Waals surface area contributed by atoms with Gasteiger partial charge in [0.25, 0.3) is 0 Å². The normalized spacial score (nSPS) is 14.1. The number of para-hydroxylation sites is 1. The first kappa shape index (κ1) is 17.8. The first-order chi connectivity index (χ1) is 12.9. The van der Waals surface area contributed by atoms with Crippen molar-refractivity contribution < 1.29 is 9.18 Å². The molecule has 0 spiro atoms. The number of rotatable bonds is 5. The number of benzene rings is 1. The minimum Gasteiger partial charge on any atom is -0.356 e. The van der Waals surface area contributed by atoms with E-state index in [1.165, 1.54) is 6.07 Å². The van der Waals surface area contributed by atoms with E-state index >= 15 is 0 Å². The smallest absolute Gasteiger partial charge is 0.227 e. The fourth-order valence-corrected chi connectivity index (χ4v) is 3.87. The Morgan fingerprint density at radius 3 is 2.67 bits per heavy atom. The average molecular weight is 368 g/mol. The zero-order valence-corrected chi connectivity index (χ0v) is 16.3. The Balaban J connectivity index is 1.63. The van der Waals surface area contributed by atoms with Gasteiger partial charge < -0.3 is 9.88 Å². The topological polar surface area (TPSA) is 53.9 Å². The van der Waals surface area contributed by atoms with E-state index in [2.05, 4.69) is 10.1 Å². The molecular weight excluding hydrogens is 343 g/mol. The molecule has 4 rings (SSSR count). The number of halogens is 1. The molecule has 0 atom stereocenters. The molecule has 0 radical (unpaired) electrons. The van der Waals surface area contributed by atoms with Gasteiger partial charge in [0, 0.05) is 42.0 Å². The van der Waals surface area contributed by atoms with Crippen LogP contribution in [0.15, 0.2) is 18.2 Å². The Kier molecular flexibility index (Phi) is 4.29. The molecule has 1 N–H and O–H groups in total. The molecule has 5 nitrogen and oxygen atoms in total. The van der Waals surface area contributed by atoms with Crippen LogP contribution < -0.4 is 0 Å². The molecule has 1 aliphatic rings. The molecule has 6 heteroatoms. The number of hydrogen-bond donors (Lipinski definition) is 1. The number of aromatic nitrogens is 3. The lowest BCUT2D eigenvalue weighted by atomic mass is 10.1. The third-order valence-electron chi connectivity index (χ3n) is 5.73. The van der Waals surface area contributed by atoms with E-state index < -0.39 is 0 Å². The summed E-state index contributed by atoms with van der Waals surface area (Å²) in [5, 5.41) is 5.27. The highest BCUT2D eigenvalue weighted by Gasteiger charge is 2.34. The van der Waals surface area contributed by atoms with Gasteiger partial charge in [0.2, 0.25) is 5.91 Å². The highest BCUT2D eigenvalue weighted by molar-refractivity contribution is 5.90. The number of nitrogens with zero attached hydrogens (tertiary/aromatic N) is 3. The second-order valence-electron chi connectivity index (χ2n) is 7.59. The largest absolute Gasteiger partial charge is 0.356 e. The molecule has 2 heterocycles. The van der Waals surface area contributed by atoms with E-state index in [-0.39, 0.29) is 18.1 Å². The van der Waals surface area contributed by atoms with Gasteiger partial charge in [-0.25, -0.2) is 4.39 Å².